The van der Waals surface area contributed by atoms with Gasteiger partial charge in [-0.15, -0.1) is 0 Å². The minimum absolute atomic E-state index is 0.631. The van der Waals surface area contributed by atoms with E-state index in [0.29, 0.717) is 5.92 Å². The number of ether oxygens (including phenoxy) is 1. The first-order valence-corrected chi connectivity index (χ1v) is 7.83. The van der Waals surface area contributed by atoms with Crippen molar-refractivity contribution in [3.8, 4) is 0 Å². The van der Waals surface area contributed by atoms with Crippen molar-refractivity contribution in [1.82, 2.24) is 0 Å². The molecule has 1 nitrogen and oxygen atoms in total. The summed E-state index contributed by atoms with van der Waals surface area (Å²) < 4.78 is 5.62. The summed E-state index contributed by atoms with van der Waals surface area (Å²) >= 11 is 0. The Morgan fingerprint density at radius 3 is 2.47 bits per heavy atom. The Kier molecular flexibility index (Phi) is 11.5. The fourth-order valence-corrected chi connectivity index (χ4v) is 2.53. The highest BCUT2D eigenvalue weighted by Crippen LogP contribution is 2.29. The van der Waals surface area contributed by atoms with E-state index in [1.165, 1.54) is 38.5 Å². The molecule has 1 atom stereocenters. The second-order valence-corrected chi connectivity index (χ2v) is 5.22. The molecule has 1 heteroatoms. The molecule has 0 heterocycles. The Morgan fingerprint density at radius 1 is 1.26 bits per heavy atom. The van der Waals surface area contributed by atoms with E-state index >= 15 is 0 Å². The van der Waals surface area contributed by atoms with Crippen molar-refractivity contribution in [3.05, 3.63) is 37.1 Å². The van der Waals surface area contributed by atoms with Crippen LogP contribution >= 0.6 is 0 Å². The van der Waals surface area contributed by atoms with Crippen molar-refractivity contribution in [2.75, 3.05) is 6.61 Å². The van der Waals surface area contributed by atoms with Gasteiger partial charge in [-0.2, -0.15) is 0 Å². The molecule has 1 rings (SSSR count). The van der Waals surface area contributed by atoms with Gasteiger partial charge >= 0.3 is 0 Å². The monoisotopic (exact) mass is 264 g/mol. The van der Waals surface area contributed by atoms with Gasteiger partial charge in [-0.05, 0) is 24.3 Å². The van der Waals surface area contributed by atoms with Gasteiger partial charge in [-0.3, -0.25) is 0 Å². The first-order chi connectivity index (χ1) is 9.22. The molecule has 0 aromatic heterocycles. The molecule has 0 saturated heterocycles. The summed E-state index contributed by atoms with van der Waals surface area (Å²) in [5.41, 5.74) is 0. The number of rotatable bonds is 7. The molecule has 0 aliphatic heterocycles. The summed E-state index contributed by atoms with van der Waals surface area (Å²) in [5, 5.41) is 0. The van der Waals surface area contributed by atoms with Gasteiger partial charge in [0.25, 0.3) is 0 Å². The van der Waals surface area contributed by atoms with Crippen molar-refractivity contribution in [3.63, 3.8) is 0 Å². The summed E-state index contributed by atoms with van der Waals surface area (Å²) in [5.74, 6) is 2.30. The van der Waals surface area contributed by atoms with Gasteiger partial charge in [-0.25, -0.2) is 0 Å². The molecule has 1 fully saturated rings. The largest absolute Gasteiger partial charge is 0.494 e. The second-order valence-electron chi connectivity index (χ2n) is 5.22. The smallest absolute Gasteiger partial charge is 0.112 e. The second kappa shape index (κ2) is 12.1. The molecule has 0 radical (unpaired) electrons. The zero-order chi connectivity index (χ0) is 14.5. The normalized spacial score (nSPS) is 17.4. The van der Waals surface area contributed by atoms with E-state index in [2.05, 4.69) is 20.1 Å². The van der Waals surface area contributed by atoms with Crippen LogP contribution in [-0.2, 0) is 4.74 Å². The Hall–Kier alpha value is -0.980. The molecule has 0 aromatic carbocycles. The van der Waals surface area contributed by atoms with E-state index in [9.17, 15) is 0 Å². The average Bonchev–Trinajstić information content (AvgIpc) is 2.46. The first kappa shape index (κ1) is 18.0. The standard InChI is InChI=1S/C16H26O.C2H6/c1-4-5-9-15(3)17-13-14(2)12-16-10-7-6-8-11-16;1-2/h4-5,9,14,16H,1,3,6-8,10-13H2,2H3;1-2H3/b9-5-;. The Labute approximate surface area is 120 Å². The first-order valence-electron chi connectivity index (χ1n) is 7.83. The average molecular weight is 264 g/mol. The molecular formula is C18H32O. The van der Waals surface area contributed by atoms with Crippen molar-refractivity contribution in [2.24, 2.45) is 11.8 Å². The molecule has 19 heavy (non-hydrogen) atoms. The number of hydrogen-bond donors (Lipinski definition) is 0. The van der Waals surface area contributed by atoms with Crippen LogP contribution in [0.5, 0.6) is 0 Å². The molecule has 1 unspecified atom stereocenters. The Balaban J connectivity index is 0.00000154. The number of hydrogen-bond acceptors (Lipinski definition) is 1. The molecule has 0 spiro atoms. The molecule has 1 aliphatic carbocycles. The highest BCUT2D eigenvalue weighted by atomic mass is 16.5. The minimum atomic E-state index is 0.631. The molecular weight excluding hydrogens is 232 g/mol. The Morgan fingerprint density at radius 2 is 1.89 bits per heavy atom. The van der Waals surface area contributed by atoms with Crippen LogP contribution in [0.25, 0.3) is 0 Å². The third-order valence-corrected chi connectivity index (χ3v) is 3.43. The highest BCUT2D eigenvalue weighted by molar-refractivity contribution is 5.12. The van der Waals surface area contributed by atoms with Crippen LogP contribution in [0, 0.1) is 11.8 Å². The SMILES string of the molecule is C=C/C=C\C(=C)OCC(C)CC1CCCCC1.CC. The van der Waals surface area contributed by atoms with E-state index in [0.717, 1.165) is 18.3 Å². The summed E-state index contributed by atoms with van der Waals surface area (Å²) in [4.78, 5) is 0. The summed E-state index contributed by atoms with van der Waals surface area (Å²) in [6, 6.07) is 0. The van der Waals surface area contributed by atoms with Crippen LogP contribution < -0.4 is 0 Å². The van der Waals surface area contributed by atoms with Crippen LogP contribution in [0.4, 0.5) is 0 Å². The van der Waals surface area contributed by atoms with Crippen molar-refractivity contribution >= 4 is 0 Å². The lowest BCUT2D eigenvalue weighted by Gasteiger charge is -2.24. The van der Waals surface area contributed by atoms with Crippen LogP contribution in [0.1, 0.15) is 59.3 Å². The minimum Gasteiger partial charge on any atom is -0.494 e. The summed E-state index contributed by atoms with van der Waals surface area (Å²) in [6.07, 6.45) is 13.9. The van der Waals surface area contributed by atoms with Gasteiger partial charge in [0, 0.05) is 0 Å². The lowest BCUT2D eigenvalue weighted by Crippen LogP contribution is -2.14. The third kappa shape index (κ3) is 9.58. The van der Waals surface area contributed by atoms with Gasteiger partial charge in [0.05, 0.1) is 6.61 Å². The Bertz CT molecular complexity index is 259. The molecule has 0 amide bonds. The third-order valence-electron chi connectivity index (χ3n) is 3.43. The molecule has 0 aromatic rings. The highest BCUT2D eigenvalue weighted by Gasteiger charge is 2.16. The zero-order valence-electron chi connectivity index (χ0n) is 13.2. The fraction of sp³-hybridized carbons (Fsp3) is 0.667. The van der Waals surface area contributed by atoms with Gasteiger partial charge < -0.3 is 4.74 Å². The van der Waals surface area contributed by atoms with Gasteiger partial charge in [-0.1, -0.05) is 78.2 Å². The molecule has 1 aliphatic rings. The van der Waals surface area contributed by atoms with E-state index in [-0.39, 0.29) is 0 Å². The maximum atomic E-state index is 5.62. The lowest BCUT2D eigenvalue weighted by atomic mass is 9.83. The molecule has 110 valence electrons. The van der Waals surface area contributed by atoms with Crippen molar-refractivity contribution in [1.29, 1.82) is 0 Å². The van der Waals surface area contributed by atoms with E-state index in [1.807, 2.05) is 26.0 Å². The van der Waals surface area contributed by atoms with Gasteiger partial charge in [0.15, 0.2) is 0 Å². The molecule has 1 saturated carbocycles. The van der Waals surface area contributed by atoms with E-state index < -0.39 is 0 Å². The van der Waals surface area contributed by atoms with Crippen molar-refractivity contribution in [2.45, 2.75) is 59.3 Å². The van der Waals surface area contributed by atoms with E-state index in [4.69, 9.17) is 4.74 Å². The maximum Gasteiger partial charge on any atom is 0.112 e. The quantitative estimate of drug-likeness (QED) is 0.411. The topological polar surface area (TPSA) is 9.23 Å². The summed E-state index contributed by atoms with van der Waals surface area (Å²) in [7, 11) is 0. The van der Waals surface area contributed by atoms with Crippen LogP contribution in [-0.4, -0.2) is 6.61 Å². The van der Waals surface area contributed by atoms with E-state index in [1.54, 1.807) is 6.08 Å². The number of allylic oxidation sites excluding steroid dienone is 3. The molecule has 0 bridgehead atoms. The maximum absolute atomic E-state index is 5.62. The van der Waals surface area contributed by atoms with Crippen molar-refractivity contribution < 1.29 is 4.74 Å². The van der Waals surface area contributed by atoms with Gasteiger partial charge in [0.2, 0.25) is 0 Å². The van der Waals surface area contributed by atoms with Gasteiger partial charge in [0.1, 0.15) is 5.76 Å². The predicted molar refractivity (Wildman–Crippen MR) is 86.1 cm³/mol. The fourth-order valence-electron chi connectivity index (χ4n) is 2.53. The lowest BCUT2D eigenvalue weighted by molar-refractivity contribution is 0.159. The predicted octanol–water partition coefficient (Wildman–Crippen LogP) is 5.89. The zero-order valence-corrected chi connectivity index (χ0v) is 13.2. The van der Waals surface area contributed by atoms with Crippen LogP contribution in [0.3, 0.4) is 0 Å². The molecule has 0 N–H and O–H groups in total. The summed E-state index contributed by atoms with van der Waals surface area (Å²) in [6.45, 7) is 14.5. The van der Waals surface area contributed by atoms with Crippen LogP contribution in [0.15, 0.2) is 37.1 Å². The van der Waals surface area contributed by atoms with Crippen LogP contribution in [0.2, 0.25) is 0 Å².